The number of nitriles is 1. The molecule has 3 aromatic rings. The summed E-state index contributed by atoms with van der Waals surface area (Å²) in [5, 5.41) is 17.0. The van der Waals surface area contributed by atoms with E-state index in [0.717, 1.165) is 17.7 Å². The molecule has 0 bridgehead atoms. The zero-order chi connectivity index (χ0) is 25.6. The van der Waals surface area contributed by atoms with Gasteiger partial charge in [-0.15, -0.1) is 0 Å². The molecule has 3 N–H and O–H groups in total. The Morgan fingerprint density at radius 3 is 2.81 bits per heavy atom. The number of amides is 2. The molecule has 0 saturated carbocycles. The van der Waals surface area contributed by atoms with E-state index in [1.165, 1.54) is 12.3 Å². The first kappa shape index (κ1) is 23.8. The van der Waals surface area contributed by atoms with E-state index >= 15 is 0 Å². The number of rotatable bonds is 5. The summed E-state index contributed by atoms with van der Waals surface area (Å²) in [7, 11) is 0. The number of hydrogen-bond donors (Lipinski definition) is 2. The summed E-state index contributed by atoms with van der Waals surface area (Å²) in [5.74, 6) is -0.326. The molecule has 0 aliphatic carbocycles. The minimum absolute atomic E-state index is 0.126. The van der Waals surface area contributed by atoms with Crippen molar-refractivity contribution < 1.29 is 18.3 Å². The molecule has 2 aromatic heterocycles. The molecule has 0 radical (unpaired) electrons. The van der Waals surface area contributed by atoms with Crippen molar-refractivity contribution in [1.82, 2.24) is 25.0 Å². The molecule has 36 heavy (non-hydrogen) atoms. The molecule has 186 valence electrons. The lowest BCUT2D eigenvalue weighted by Crippen LogP contribution is -2.62. The molecular weight excluding hydrogens is 492 g/mol. The van der Waals surface area contributed by atoms with Crippen molar-refractivity contribution in [2.75, 3.05) is 18.8 Å². The highest BCUT2D eigenvalue weighted by molar-refractivity contribution is 6.31. The quantitative estimate of drug-likeness (QED) is 0.530. The third-order valence-electron chi connectivity index (χ3n) is 6.73. The molecule has 4 heterocycles. The Balaban J connectivity index is 1.27. The van der Waals surface area contributed by atoms with Crippen molar-refractivity contribution >= 4 is 23.4 Å². The van der Waals surface area contributed by atoms with Gasteiger partial charge in [-0.25, -0.2) is 9.78 Å². The number of aromatic nitrogens is 3. The normalized spacial score (nSPS) is 16.4. The topological polar surface area (TPSA) is 122 Å². The van der Waals surface area contributed by atoms with Crippen LogP contribution in [-0.4, -0.2) is 45.4 Å². The SMILES string of the molecule is CC(NC(=O)N1CC2(CCn3nc(-c4cnc(N)c(OC(F)F)c4)cc32)C1)c1ccc(C#N)cc1Cl. The Kier molecular flexibility index (Phi) is 5.92. The molecule has 1 spiro atoms. The summed E-state index contributed by atoms with van der Waals surface area (Å²) in [5.41, 5.74) is 8.67. The van der Waals surface area contributed by atoms with Crippen molar-refractivity contribution in [3.8, 4) is 23.1 Å². The van der Waals surface area contributed by atoms with Gasteiger partial charge in [-0.3, -0.25) is 4.68 Å². The van der Waals surface area contributed by atoms with E-state index in [0.29, 0.717) is 41.5 Å². The van der Waals surface area contributed by atoms with Gasteiger partial charge in [0.25, 0.3) is 0 Å². The van der Waals surface area contributed by atoms with E-state index < -0.39 is 6.61 Å². The number of aryl methyl sites for hydroxylation is 1. The third kappa shape index (κ3) is 4.18. The van der Waals surface area contributed by atoms with Crippen molar-refractivity contribution in [2.45, 2.75) is 38.0 Å². The molecule has 1 saturated heterocycles. The maximum atomic E-state index is 12.9. The molecule has 1 atom stereocenters. The van der Waals surface area contributed by atoms with Gasteiger partial charge >= 0.3 is 12.6 Å². The van der Waals surface area contributed by atoms with Crippen LogP contribution in [0.3, 0.4) is 0 Å². The zero-order valence-corrected chi connectivity index (χ0v) is 20.0. The molecular formula is C24H22ClF2N7O2. The summed E-state index contributed by atoms with van der Waals surface area (Å²) < 4.78 is 31.7. The number of pyridine rings is 1. The van der Waals surface area contributed by atoms with Gasteiger partial charge in [-0.1, -0.05) is 17.7 Å². The molecule has 1 unspecified atom stereocenters. The molecule has 1 aromatic carbocycles. The number of halogens is 3. The van der Waals surface area contributed by atoms with Crippen LogP contribution in [0.25, 0.3) is 11.3 Å². The number of anilines is 1. The lowest BCUT2D eigenvalue weighted by Gasteiger charge is -2.47. The number of nitrogens with zero attached hydrogens (tertiary/aromatic N) is 5. The number of nitrogens with one attached hydrogen (secondary N) is 1. The number of carbonyl (C=O) groups is 1. The third-order valence-corrected chi connectivity index (χ3v) is 7.06. The van der Waals surface area contributed by atoms with Crippen molar-refractivity contribution in [1.29, 1.82) is 5.26 Å². The Morgan fingerprint density at radius 2 is 2.11 bits per heavy atom. The van der Waals surface area contributed by atoms with Crippen molar-refractivity contribution in [2.24, 2.45) is 0 Å². The van der Waals surface area contributed by atoms with Gasteiger partial charge in [0, 0.05) is 47.5 Å². The predicted octanol–water partition coefficient (Wildman–Crippen LogP) is 4.08. The average molecular weight is 514 g/mol. The van der Waals surface area contributed by atoms with E-state index in [4.69, 9.17) is 22.6 Å². The van der Waals surface area contributed by atoms with Gasteiger partial charge in [-0.2, -0.15) is 19.1 Å². The maximum Gasteiger partial charge on any atom is 0.387 e. The second-order valence-electron chi connectivity index (χ2n) is 9.03. The zero-order valence-electron chi connectivity index (χ0n) is 19.2. The Hall–Kier alpha value is -3.91. The van der Waals surface area contributed by atoms with E-state index in [1.54, 1.807) is 23.1 Å². The van der Waals surface area contributed by atoms with E-state index in [-0.39, 0.29) is 29.1 Å². The molecule has 1 fully saturated rings. The Morgan fingerprint density at radius 1 is 1.33 bits per heavy atom. The number of carbonyl (C=O) groups excluding carboxylic acids is 1. The minimum atomic E-state index is -3.01. The number of benzene rings is 1. The van der Waals surface area contributed by atoms with Gasteiger partial charge in [-0.05, 0) is 43.2 Å². The monoisotopic (exact) mass is 513 g/mol. The lowest BCUT2D eigenvalue weighted by atomic mass is 9.76. The predicted molar refractivity (Wildman–Crippen MR) is 127 cm³/mol. The number of nitrogen functional groups attached to an aromatic ring is 1. The van der Waals surface area contributed by atoms with Crippen LogP contribution in [-0.2, 0) is 12.0 Å². The van der Waals surface area contributed by atoms with Crippen LogP contribution < -0.4 is 15.8 Å². The number of fused-ring (bicyclic) bond motifs is 2. The van der Waals surface area contributed by atoms with E-state index in [2.05, 4.69) is 20.1 Å². The molecule has 9 nitrogen and oxygen atoms in total. The first-order valence-corrected chi connectivity index (χ1v) is 11.6. The molecule has 5 rings (SSSR count). The van der Waals surface area contributed by atoms with Gasteiger partial charge in [0.05, 0.1) is 23.4 Å². The highest BCUT2D eigenvalue weighted by atomic mass is 35.5. The maximum absolute atomic E-state index is 12.9. The van der Waals surface area contributed by atoms with Crippen LogP contribution in [0.2, 0.25) is 5.02 Å². The fourth-order valence-corrected chi connectivity index (χ4v) is 5.18. The van der Waals surface area contributed by atoms with Gasteiger partial charge in [0.1, 0.15) is 0 Å². The minimum Gasteiger partial charge on any atom is -0.431 e. The number of likely N-dealkylation sites (tertiary alicyclic amines) is 1. The Bertz CT molecular complexity index is 1380. The number of ether oxygens (including phenoxy) is 1. The number of hydrogen-bond acceptors (Lipinski definition) is 6. The van der Waals surface area contributed by atoms with Crippen molar-refractivity contribution in [3.05, 3.63) is 58.4 Å². The highest BCUT2D eigenvalue weighted by Gasteiger charge is 2.51. The fourth-order valence-electron chi connectivity index (χ4n) is 4.84. The van der Waals surface area contributed by atoms with Crippen LogP contribution in [0, 0.1) is 11.3 Å². The highest BCUT2D eigenvalue weighted by Crippen LogP contribution is 2.44. The molecule has 2 aliphatic rings. The van der Waals surface area contributed by atoms with Crippen LogP contribution in [0.15, 0.2) is 36.5 Å². The second-order valence-corrected chi connectivity index (χ2v) is 9.44. The average Bonchev–Trinajstić information content (AvgIpc) is 3.38. The first-order chi connectivity index (χ1) is 17.2. The van der Waals surface area contributed by atoms with Gasteiger partial charge < -0.3 is 20.7 Å². The van der Waals surface area contributed by atoms with Gasteiger partial charge in [0.2, 0.25) is 0 Å². The summed E-state index contributed by atoms with van der Waals surface area (Å²) in [6.07, 6.45) is 2.31. The smallest absolute Gasteiger partial charge is 0.387 e. The lowest BCUT2D eigenvalue weighted by molar-refractivity contribution is -0.0494. The summed E-state index contributed by atoms with van der Waals surface area (Å²) in [6.45, 7) is 0.562. The van der Waals surface area contributed by atoms with Crippen LogP contribution in [0.5, 0.6) is 5.75 Å². The summed E-state index contributed by atoms with van der Waals surface area (Å²) in [4.78, 5) is 18.6. The van der Waals surface area contributed by atoms with Crippen LogP contribution >= 0.6 is 11.6 Å². The van der Waals surface area contributed by atoms with Gasteiger partial charge in [0.15, 0.2) is 11.6 Å². The first-order valence-electron chi connectivity index (χ1n) is 11.2. The van der Waals surface area contributed by atoms with Crippen LogP contribution in [0.4, 0.5) is 19.4 Å². The number of nitrogens with two attached hydrogens (primary N) is 1. The molecule has 12 heteroatoms. The van der Waals surface area contributed by atoms with E-state index in [9.17, 15) is 13.6 Å². The second kappa shape index (κ2) is 8.95. The fraction of sp³-hybridized carbons (Fsp3) is 0.333. The van der Waals surface area contributed by atoms with Crippen molar-refractivity contribution in [3.63, 3.8) is 0 Å². The number of alkyl halides is 2. The largest absolute Gasteiger partial charge is 0.431 e. The standard InChI is InChI=1S/C24H22ClF2N7O2/c1-13(16-3-2-14(9-28)6-17(16)25)31-23(35)33-11-24(12-33)4-5-34-20(24)8-18(32-34)15-7-19(36-22(26)27)21(29)30-10-15/h2-3,6-8,10,13,22H,4-5,11-12H2,1H3,(H2,29,30)(H,31,35). The Labute approximate surface area is 210 Å². The molecule has 2 aliphatic heterocycles. The van der Waals surface area contributed by atoms with E-state index in [1.807, 2.05) is 23.7 Å². The summed E-state index contributed by atoms with van der Waals surface area (Å²) in [6, 6.07) is 9.78. The van der Waals surface area contributed by atoms with Crippen LogP contribution in [0.1, 0.15) is 36.2 Å². The summed E-state index contributed by atoms with van der Waals surface area (Å²) >= 11 is 6.28. The molecule has 2 amide bonds. The number of urea groups is 1.